The Balaban J connectivity index is 1.47. The molecule has 0 bridgehead atoms. The summed E-state index contributed by atoms with van der Waals surface area (Å²) < 4.78 is 43.4. The highest BCUT2D eigenvalue weighted by atomic mass is 19.4. The summed E-state index contributed by atoms with van der Waals surface area (Å²) in [7, 11) is 1.62. The van der Waals surface area contributed by atoms with Crippen molar-refractivity contribution in [2.45, 2.75) is 32.0 Å². The fourth-order valence-electron chi connectivity index (χ4n) is 3.73. The second-order valence-electron chi connectivity index (χ2n) is 7.84. The molecule has 1 aromatic carbocycles. The predicted octanol–water partition coefficient (Wildman–Crippen LogP) is 3.37. The van der Waals surface area contributed by atoms with Crippen molar-refractivity contribution in [1.29, 1.82) is 0 Å². The van der Waals surface area contributed by atoms with Gasteiger partial charge in [0.2, 0.25) is 5.91 Å². The van der Waals surface area contributed by atoms with E-state index in [9.17, 15) is 18.0 Å². The van der Waals surface area contributed by atoms with E-state index in [0.29, 0.717) is 32.0 Å². The van der Waals surface area contributed by atoms with Gasteiger partial charge in [0.15, 0.2) is 0 Å². The molecule has 6 nitrogen and oxygen atoms in total. The number of methoxy groups -OCH3 is 1. The minimum Gasteiger partial charge on any atom is -0.497 e. The monoisotopic (exact) mass is 450 g/mol. The number of halogens is 3. The highest BCUT2D eigenvalue weighted by molar-refractivity contribution is 5.81. The Kier molecular flexibility index (Phi) is 7.95. The zero-order chi connectivity index (χ0) is 23.1. The lowest BCUT2D eigenvalue weighted by Gasteiger charge is -2.27. The summed E-state index contributed by atoms with van der Waals surface area (Å²) in [4.78, 5) is 20.7. The van der Waals surface area contributed by atoms with E-state index in [4.69, 9.17) is 4.74 Å². The van der Waals surface area contributed by atoms with Gasteiger partial charge < -0.3 is 15.0 Å². The SMILES string of the molecule is COc1ccc(CCNC(=O)C(C)N2CCCN(c3ccc(C(F)(F)F)cn3)CC2)cc1. The molecule has 32 heavy (non-hydrogen) atoms. The number of pyridine rings is 1. The quantitative estimate of drug-likeness (QED) is 0.701. The summed E-state index contributed by atoms with van der Waals surface area (Å²) in [6, 6.07) is 9.94. The maximum Gasteiger partial charge on any atom is 0.417 e. The van der Waals surface area contributed by atoms with E-state index in [1.165, 1.54) is 6.07 Å². The maximum absolute atomic E-state index is 12.8. The molecule has 2 heterocycles. The Morgan fingerprint density at radius 2 is 1.88 bits per heavy atom. The summed E-state index contributed by atoms with van der Waals surface area (Å²) in [5.41, 5.74) is 0.367. The molecular weight excluding hydrogens is 421 g/mol. The van der Waals surface area contributed by atoms with Crippen LogP contribution < -0.4 is 15.0 Å². The molecule has 9 heteroatoms. The van der Waals surface area contributed by atoms with Crippen molar-refractivity contribution in [3.05, 3.63) is 53.7 Å². The molecule has 0 spiro atoms. The number of amides is 1. The smallest absolute Gasteiger partial charge is 0.417 e. The zero-order valence-corrected chi connectivity index (χ0v) is 18.4. The zero-order valence-electron chi connectivity index (χ0n) is 18.4. The first-order chi connectivity index (χ1) is 15.3. The maximum atomic E-state index is 12.8. The van der Waals surface area contributed by atoms with Crippen LogP contribution in [0.1, 0.15) is 24.5 Å². The molecule has 1 amide bonds. The third-order valence-corrected chi connectivity index (χ3v) is 5.73. The number of alkyl halides is 3. The molecule has 1 aliphatic rings. The highest BCUT2D eigenvalue weighted by Gasteiger charge is 2.31. The van der Waals surface area contributed by atoms with Crippen molar-refractivity contribution >= 4 is 11.7 Å². The molecule has 1 saturated heterocycles. The number of ether oxygens (including phenoxy) is 1. The minimum atomic E-state index is -4.39. The lowest BCUT2D eigenvalue weighted by Crippen LogP contribution is -2.47. The lowest BCUT2D eigenvalue weighted by atomic mass is 10.1. The minimum absolute atomic E-state index is 0.0281. The first-order valence-corrected chi connectivity index (χ1v) is 10.7. The third-order valence-electron chi connectivity index (χ3n) is 5.73. The number of nitrogens with one attached hydrogen (secondary N) is 1. The number of anilines is 1. The van der Waals surface area contributed by atoms with Gasteiger partial charge in [0.05, 0.1) is 18.7 Å². The van der Waals surface area contributed by atoms with Crippen LogP contribution >= 0.6 is 0 Å². The summed E-state index contributed by atoms with van der Waals surface area (Å²) in [6.45, 7) is 5.09. The number of nitrogens with zero attached hydrogens (tertiary/aromatic N) is 3. The van der Waals surface area contributed by atoms with E-state index in [-0.39, 0.29) is 11.9 Å². The van der Waals surface area contributed by atoms with Gasteiger partial charge in [0.1, 0.15) is 11.6 Å². The largest absolute Gasteiger partial charge is 0.497 e. The molecule has 174 valence electrons. The van der Waals surface area contributed by atoms with Gasteiger partial charge >= 0.3 is 6.18 Å². The topological polar surface area (TPSA) is 57.7 Å². The molecule has 1 atom stereocenters. The van der Waals surface area contributed by atoms with Crippen LogP contribution in [0, 0.1) is 0 Å². The molecule has 2 aromatic rings. The number of aromatic nitrogens is 1. The molecule has 1 aromatic heterocycles. The van der Waals surface area contributed by atoms with Crippen LogP contribution in [0.3, 0.4) is 0 Å². The number of hydrogen-bond donors (Lipinski definition) is 1. The summed E-state index contributed by atoms with van der Waals surface area (Å²) in [5, 5.41) is 3.00. The standard InChI is InChI=1S/C23H29F3N4O2/c1-17(22(31)27-11-10-18-4-7-20(32-2)8-5-18)29-12-3-13-30(15-14-29)21-9-6-19(16-28-21)23(24,25)26/h4-9,16-17H,3,10-15H2,1-2H3,(H,27,31). The number of carbonyl (C=O) groups is 1. The van der Waals surface area contributed by atoms with Gasteiger partial charge in [-0.1, -0.05) is 12.1 Å². The van der Waals surface area contributed by atoms with Crippen LogP contribution in [0.4, 0.5) is 19.0 Å². The molecule has 1 N–H and O–H groups in total. The van der Waals surface area contributed by atoms with Crippen molar-refractivity contribution in [1.82, 2.24) is 15.2 Å². The van der Waals surface area contributed by atoms with Crippen molar-refractivity contribution < 1.29 is 22.7 Å². The molecule has 3 rings (SSSR count). The van der Waals surface area contributed by atoms with Crippen molar-refractivity contribution in [3.8, 4) is 5.75 Å². The fraction of sp³-hybridized carbons (Fsp3) is 0.478. The van der Waals surface area contributed by atoms with E-state index < -0.39 is 11.7 Å². The van der Waals surface area contributed by atoms with Gasteiger partial charge in [-0.2, -0.15) is 13.2 Å². The van der Waals surface area contributed by atoms with Crippen LogP contribution in [0.5, 0.6) is 5.75 Å². The summed E-state index contributed by atoms with van der Waals surface area (Å²) in [5.74, 6) is 1.30. The van der Waals surface area contributed by atoms with E-state index in [0.717, 1.165) is 43.0 Å². The van der Waals surface area contributed by atoms with Crippen LogP contribution in [-0.2, 0) is 17.4 Å². The Bertz CT molecular complexity index is 872. The molecule has 0 saturated carbocycles. The van der Waals surface area contributed by atoms with Gasteiger partial charge in [0.25, 0.3) is 0 Å². The van der Waals surface area contributed by atoms with Crippen LogP contribution in [-0.4, -0.2) is 61.7 Å². The molecule has 0 aliphatic carbocycles. The number of benzene rings is 1. The van der Waals surface area contributed by atoms with Gasteiger partial charge in [-0.25, -0.2) is 4.98 Å². The van der Waals surface area contributed by atoms with E-state index >= 15 is 0 Å². The normalized spacial score (nSPS) is 16.3. The summed E-state index contributed by atoms with van der Waals surface area (Å²) >= 11 is 0. The Morgan fingerprint density at radius 3 is 2.50 bits per heavy atom. The first-order valence-electron chi connectivity index (χ1n) is 10.7. The second-order valence-corrected chi connectivity index (χ2v) is 7.84. The summed E-state index contributed by atoms with van der Waals surface area (Å²) in [6.07, 6.45) is -1.99. The number of carbonyl (C=O) groups excluding carboxylic acids is 1. The number of hydrogen-bond acceptors (Lipinski definition) is 5. The highest BCUT2D eigenvalue weighted by Crippen LogP contribution is 2.29. The first kappa shape index (κ1) is 23.8. The van der Waals surface area contributed by atoms with Crippen molar-refractivity contribution in [2.75, 3.05) is 44.7 Å². The van der Waals surface area contributed by atoms with Crippen LogP contribution in [0.15, 0.2) is 42.6 Å². The molecule has 0 radical (unpaired) electrons. The third kappa shape index (κ3) is 6.35. The molecular formula is C23H29F3N4O2. The predicted molar refractivity (Wildman–Crippen MR) is 117 cm³/mol. The molecule has 1 aliphatic heterocycles. The number of rotatable bonds is 7. The van der Waals surface area contributed by atoms with Crippen molar-refractivity contribution in [2.24, 2.45) is 0 Å². The fourth-order valence-corrected chi connectivity index (χ4v) is 3.73. The van der Waals surface area contributed by atoms with E-state index in [1.54, 1.807) is 7.11 Å². The Morgan fingerprint density at radius 1 is 1.12 bits per heavy atom. The average Bonchev–Trinajstić information content (AvgIpc) is 3.05. The average molecular weight is 451 g/mol. The lowest BCUT2D eigenvalue weighted by molar-refractivity contribution is -0.137. The Labute approximate surface area is 186 Å². The van der Waals surface area contributed by atoms with E-state index in [2.05, 4.69) is 15.2 Å². The van der Waals surface area contributed by atoms with Crippen molar-refractivity contribution in [3.63, 3.8) is 0 Å². The van der Waals surface area contributed by atoms with Gasteiger partial charge in [-0.3, -0.25) is 9.69 Å². The van der Waals surface area contributed by atoms with Gasteiger partial charge in [-0.15, -0.1) is 0 Å². The van der Waals surface area contributed by atoms with E-state index in [1.807, 2.05) is 36.1 Å². The molecule has 1 unspecified atom stereocenters. The second kappa shape index (κ2) is 10.7. The van der Waals surface area contributed by atoms with Crippen LogP contribution in [0.25, 0.3) is 0 Å². The molecule has 1 fully saturated rings. The van der Waals surface area contributed by atoms with Crippen LogP contribution in [0.2, 0.25) is 0 Å². The Hall–Kier alpha value is -2.81. The van der Waals surface area contributed by atoms with Gasteiger partial charge in [-0.05, 0) is 49.6 Å². The van der Waals surface area contributed by atoms with Gasteiger partial charge in [0, 0.05) is 38.9 Å².